The molecule has 0 spiro atoms. The molecule has 0 aliphatic rings. The van der Waals surface area contributed by atoms with E-state index in [9.17, 15) is 15.0 Å². The summed E-state index contributed by atoms with van der Waals surface area (Å²) in [5.41, 5.74) is 2.35. The summed E-state index contributed by atoms with van der Waals surface area (Å²) in [6.07, 6.45) is 0.797. The smallest absolute Gasteiger partial charge is 0.407 e. The van der Waals surface area contributed by atoms with Gasteiger partial charge < -0.3 is 20.3 Å². The van der Waals surface area contributed by atoms with Gasteiger partial charge >= 0.3 is 6.09 Å². The number of alkyl carbamates (subject to hydrolysis) is 1. The van der Waals surface area contributed by atoms with Gasteiger partial charge in [-0.1, -0.05) is 36.4 Å². The second-order valence-electron chi connectivity index (χ2n) is 5.58. The highest BCUT2D eigenvalue weighted by atomic mass is 16.5. The third-order valence-corrected chi connectivity index (χ3v) is 3.52. The quantitative estimate of drug-likeness (QED) is 0.723. The van der Waals surface area contributed by atoms with Crippen LogP contribution in [0.1, 0.15) is 29.2 Å². The Balaban J connectivity index is 1.70. The van der Waals surface area contributed by atoms with Crippen molar-refractivity contribution < 1.29 is 19.7 Å². The van der Waals surface area contributed by atoms with Gasteiger partial charge in [0.1, 0.15) is 12.7 Å². The molecule has 3 N–H and O–H groups in total. The Kier molecular flexibility index (Phi) is 6.72. The van der Waals surface area contributed by atoms with Gasteiger partial charge in [-0.25, -0.2) is 4.79 Å². The van der Waals surface area contributed by atoms with Crippen LogP contribution in [0, 0.1) is 6.92 Å². The normalized spacial score (nSPS) is 13.1. The third kappa shape index (κ3) is 5.64. The fourth-order valence-electron chi connectivity index (χ4n) is 2.22. The summed E-state index contributed by atoms with van der Waals surface area (Å²) in [6.45, 7) is 2.25. The maximum Gasteiger partial charge on any atom is 0.407 e. The van der Waals surface area contributed by atoms with Crippen LogP contribution in [0.2, 0.25) is 0 Å². The van der Waals surface area contributed by atoms with Crippen LogP contribution in [0.25, 0.3) is 0 Å². The lowest BCUT2D eigenvalue weighted by Crippen LogP contribution is -2.29. The number of ether oxygens (including phenoxy) is 1. The molecule has 2 rings (SSSR count). The number of carbonyl (C=O) groups excluding carboxylic acids is 1. The zero-order valence-electron chi connectivity index (χ0n) is 13.6. The minimum atomic E-state index is -1.04. The molecule has 2 aromatic rings. The van der Waals surface area contributed by atoms with E-state index in [1.54, 1.807) is 12.3 Å². The molecule has 1 amide bonds. The SMILES string of the molecule is Cc1cncc(C(O)C(O)CCNC(=O)OCc2ccccc2)c1. The lowest BCUT2D eigenvalue weighted by atomic mass is 10.0. The maximum absolute atomic E-state index is 11.6. The van der Waals surface area contributed by atoms with E-state index in [-0.39, 0.29) is 19.6 Å². The number of hydrogen-bond acceptors (Lipinski definition) is 5. The monoisotopic (exact) mass is 330 g/mol. The zero-order chi connectivity index (χ0) is 17.4. The molecule has 0 fully saturated rings. The first-order chi connectivity index (χ1) is 11.6. The molecule has 6 heteroatoms. The second-order valence-corrected chi connectivity index (χ2v) is 5.58. The van der Waals surface area contributed by atoms with Crippen molar-refractivity contribution in [2.45, 2.75) is 32.2 Å². The first kappa shape index (κ1) is 17.9. The molecule has 0 saturated carbocycles. The lowest BCUT2D eigenvalue weighted by Gasteiger charge is -2.18. The van der Waals surface area contributed by atoms with Gasteiger partial charge in [0.15, 0.2) is 0 Å². The Morgan fingerprint density at radius 1 is 1.25 bits per heavy atom. The van der Waals surface area contributed by atoms with Crippen molar-refractivity contribution in [2.75, 3.05) is 6.54 Å². The van der Waals surface area contributed by atoms with Crippen LogP contribution in [-0.4, -0.2) is 33.9 Å². The van der Waals surface area contributed by atoms with Gasteiger partial charge in [-0.2, -0.15) is 0 Å². The molecule has 128 valence electrons. The van der Waals surface area contributed by atoms with Crippen molar-refractivity contribution in [3.05, 3.63) is 65.5 Å². The highest BCUT2D eigenvalue weighted by molar-refractivity contribution is 5.67. The van der Waals surface area contributed by atoms with Gasteiger partial charge in [-0.05, 0) is 24.5 Å². The van der Waals surface area contributed by atoms with E-state index in [1.807, 2.05) is 37.3 Å². The number of aryl methyl sites for hydroxylation is 1. The highest BCUT2D eigenvalue weighted by Gasteiger charge is 2.18. The molecular weight excluding hydrogens is 308 g/mol. The first-order valence-electron chi connectivity index (χ1n) is 7.78. The van der Waals surface area contributed by atoms with Crippen molar-refractivity contribution in [1.29, 1.82) is 0 Å². The summed E-state index contributed by atoms with van der Waals surface area (Å²) in [5.74, 6) is 0. The van der Waals surface area contributed by atoms with Gasteiger partial charge in [0.05, 0.1) is 6.10 Å². The average molecular weight is 330 g/mol. The molecule has 0 aliphatic heterocycles. The van der Waals surface area contributed by atoms with Crippen molar-refractivity contribution in [1.82, 2.24) is 10.3 Å². The first-order valence-corrected chi connectivity index (χ1v) is 7.78. The lowest BCUT2D eigenvalue weighted by molar-refractivity contribution is 0.0134. The number of pyridine rings is 1. The summed E-state index contributed by atoms with van der Waals surface area (Å²) in [4.78, 5) is 15.6. The molecule has 0 aliphatic carbocycles. The Morgan fingerprint density at radius 3 is 2.71 bits per heavy atom. The van der Waals surface area contributed by atoms with E-state index in [1.165, 1.54) is 6.20 Å². The fourth-order valence-corrected chi connectivity index (χ4v) is 2.22. The zero-order valence-corrected chi connectivity index (χ0v) is 13.6. The summed E-state index contributed by atoms with van der Waals surface area (Å²) in [6, 6.07) is 11.1. The number of rotatable bonds is 7. The fraction of sp³-hybridized carbons (Fsp3) is 0.333. The van der Waals surface area contributed by atoms with Crippen LogP contribution in [0.3, 0.4) is 0 Å². The number of nitrogens with zero attached hydrogens (tertiary/aromatic N) is 1. The molecule has 1 heterocycles. The van der Waals surface area contributed by atoms with Gasteiger partial charge in [0, 0.05) is 24.5 Å². The topological polar surface area (TPSA) is 91.7 Å². The molecule has 0 saturated heterocycles. The van der Waals surface area contributed by atoms with Crippen molar-refractivity contribution in [3.63, 3.8) is 0 Å². The third-order valence-electron chi connectivity index (χ3n) is 3.52. The van der Waals surface area contributed by atoms with Gasteiger partial charge in [0.2, 0.25) is 0 Å². The van der Waals surface area contributed by atoms with Crippen LogP contribution in [0.15, 0.2) is 48.8 Å². The Morgan fingerprint density at radius 2 is 2.00 bits per heavy atom. The number of aliphatic hydroxyl groups is 2. The van der Waals surface area contributed by atoms with E-state index in [0.717, 1.165) is 11.1 Å². The minimum absolute atomic E-state index is 0.187. The number of carbonyl (C=O) groups is 1. The predicted molar refractivity (Wildman–Crippen MR) is 89.2 cm³/mol. The molecule has 1 aromatic carbocycles. The van der Waals surface area contributed by atoms with E-state index in [2.05, 4.69) is 10.3 Å². The van der Waals surface area contributed by atoms with Crippen LogP contribution < -0.4 is 5.32 Å². The van der Waals surface area contributed by atoms with Crippen LogP contribution in [0.5, 0.6) is 0 Å². The number of nitrogens with one attached hydrogen (secondary N) is 1. The molecular formula is C18H22N2O4. The maximum atomic E-state index is 11.6. The Hall–Kier alpha value is -2.44. The van der Waals surface area contributed by atoms with Gasteiger partial charge in [-0.15, -0.1) is 0 Å². The van der Waals surface area contributed by atoms with E-state index in [0.29, 0.717) is 5.56 Å². The summed E-state index contributed by atoms with van der Waals surface area (Å²) < 4.78 is 5.07. The minimum Gasteiger partial charge on any atom is -0.445 e. The number of benzene rings is 1. The molecule has 0 bridgehead atoms. The summed E-state index contributed by atoms with van der Waals surface area (Å²) in [5, 5.41) is 22.7. The highest BCUT2D eigenvalue weighted by Crippen LogP contribution is 2.18. The Labute approximate surface area is 141 Å². The van der Waals surface area contributed by atoms with Gasteiger partial charge in [0.25, 0.3) is 0 Å². The molecule has 6 nitrogen and oxygen atoms in total. The largest absolute Gasteiger partial charge is 0.445 e. The standard InChI is InChI=1S/C18H22N2O4/c1-13-9-15(11-19-10-13)17(22)16(21)7-8-20-18(23)24-12-14-5-3-2-4-6-14/h2-6,9-11,16-17,21-22H,7-8,12H2,1H3,(H,20,23). The van der Waals surface area contributed by atoms with Crippen LogP contribution >= 0.6 is 0 Å². The van der Waals surface area contributed by atoms with Crippen molar-refractivity contribution in [2.24, 2.45) is 0 Å². The van der Waals surface area contributed by atoms with E-state index < -0.39 is 18.3 Å². The second kappa shape index (κ2) is 9.00. The van der Waals surface area contributed by atoms with Crippen molar-refractivity contribution in [3.8, 4) is 0 Å². The summed E-state index contributed by atoms with van der Waals surface area (Å²) in [7, 11) is 0. The molecule has 0 radical (unpaired) electrons. The molecule has 1 aromatic heterocycles. The van der Waals surface area contributed by atoms with E-state index >= 15 is 0 Å². The number of aliphatic hydroxyl groups excluding tert-OH is 2. The van der Waals surface area contributed by atoms with Crippen LogP contribution in [0.4, 0.5) is 4.79 Å². The van der Waals surface area contributed by atoms with Gasteiger partial charge in [-0.3, -0.25) is 4.98 Å². The number of aromatic nitrogens is 1. The average Bonchev–Trinajstić information content (AvgIpc) is 2.60. The van der Waals surface area contributed by atoms with Crippen molar-refractivity contribution >= 4 is 6.09 Å². The number of hydrogen-bond donors (Lipinski definition) is 3. The van der Waals surface area contributed by atoms with Crippen LogP contribution in [-0.2, 0) is 11.3 Å². The Bertz CT molecular complexity index is 648. The number of amides is 1. The van der Waals surface area contributed by atoms with E-state index in [4.69, 9.17) is 4.74 Å². The molecule has 2 atom stereocenters. The summed E-state index contributed by atoms with van der Waals surface area (Å²) >= 11 is 0. The predicted octanol–water partition coefficient (Wildman–Crippen LogP) is 2.10. The molecule has 24 heavy (non-hydrogen) atoms. The molecule has 2 unspecified atom stereocenters.